The van der Waals surface area contributed by atoms with E-state index in [1.165, 1.54) is 4.90 Å². The lowest BCUT2D eigenvalue weighted by Gasteiger charge is -2.37. The van der Waals surface area contributed by atoms with E-state index in [4.69, 9.17) is 16.3 Å². The quantitative estimate of drug-likeness (QED) is 0.274. The number of rotatable bonds is 4. The topological polar surface area (TPSA) is 84.0 Å². The van der Waals surface area contributed by atoms with E-state index in [1.807, 2.05) is 0 Å². The molecule has 0 spiro atoms. The maximum atomic E-state index is 13.3. The van der Waals surface area contributed by atoms with E-state index in [1.54, 1.807) is 53.4 Å². The minimum Gasteiger partial charge on any atom is -0.426 e. The van der Waals surface area contributed by atoms with Gasteiger partial charge in [-0.2, -0.15) is 0 Å². The molecule has 7 atom stereocenters. The van der Waals surface area contributed by atoms with Gasteiger partial charge in [0.25, 0.3) is 0 Å². The molecular weight excluding hydrogens is 480 g/mol. The molecule has 2 aromatic carbocycles. The summed E-state index contributed by atoms with van der Waals surface area (Å²) >= 11 is 5.93. The summed E-state index contributed by atoms with van der Waals surface area (Å²) in [7, 11) is 0. The van der Waals surface area contributed by atoms with Crippen molar-refractivity contribution in [2.75, 3.05) is 16.3 Å². The summed E-state index contributed by atoms with van der Waals surface area (Å²) in [5.74, 6) is -0.214. The van der Waals surface area contributed by atoms with Crippen molar-refractivity contribution in [3.05, 3.63) is 65.7 Å². The number of anilines is 2. The highest BCUT2D eigenvalue weighted by Crippen LogP contribution is 2.65. The van der Waals surface area contributed by atoms with Crippen LogP contribution in [-0.2, 0) is 19.2 Å². The predicted molar refractivity (Wildman–Crippen MR) is 131 cm³/mol. The Morgan fingerprint density at radius 1 is 0.833 bits per heavy atom. The number of benzene rings is 2. The Hall–Kier alpha value is -3.45. The van der Waals surface area contributed by atoms with Gasteiger partial charge in [-0.25, -0.2) is 0 Å². The first kappa shape index (κ1) is 21.8. The van der Waals surface area contributed by atoms with Crippen LogP contribution in [0.15, 0.2) is 60.7 Å². The third kappa shape index (κ3) is 3.18. The van der Waals surface area contributed by atoms with Crippen molar-refractivity contribution in [3.8, 4) is 5.75 Å². The number of halogens is 1. The zero-order valence-corrected chi connectivity index (χ0v) is 20.0. The summed E-state index contributed by atoms with van der Waals surface area (Å²) in [6.07, 6.45) is 5.50. The Morgan fingerprint density at radius 3 is 2.03 bits per heavy atom. The Labute approximate surface area is 212 Å². The molecule has 2 aliphatic heterocycles. The highest BCUT2D eigenvalue weighted by molar-refractivity contribution is 6.30. The minimum absolute atomic E-state index is 0.0669. The second kappa shape index (κ2) is 7.77. The molecule has 4 fully saturated rings. The van der Waals surface area contributed by atoms with E-state index in [0.29, 0.717) is 34.0 Å². The predicted octanol–water partition coefficient (Wildman–Crippen LogP) is 3.86. The van der Waals surface area contributed by atoms with Gasteiger partial charge in [0.05, 0.1) is 23.4 Å². The molecule has 0 unspecified atom stereocenters. The molecule has 0 N–H and O–H groups in total. The fourth-order valence-electron chi connectivity index (χ4n) is 6.81. The van der Waals surface area contributed by atoms with Crippen LogP contribution in [0.4, 0.5) is 11.4 Å². The van der Waals surface area contributed by atoms with Gasteiger partial charge in [0, 0.05) is 23.7 Å². The molecule has 2 saturated heterocycles. The van der Waals surface area contributed by atoms with Crippen molar-refractivity contribution >= 4 is 46.7 Å². The Bertz CT molecular complexity index is 1300. The van der Waals surface area contributed by atoms with Crippen LogP contribution in [0.2, 0.25) is 5.02 Å². The third-order valence-corrected chi connectivity index (χ3v) is 8.82. The average molecular weight is 503 g/mol. The van der Waals surface area contributed by atoms with Crippen molar-refractivity contribution < 1.29 is 23.9 Å². The summed E-state index contributed by atoms with van der Waals surface area (Å²) in [4.78, 5) is 54.7. The number of carbonyl (C=O) groups is 4. The summed E-state index contributed by atoms with van der Waals surface area (Å²) in [5.41, 5.74) is 1.18. The Kier molecular flexibility index (Phi) is 4.71. The second-order valence-corrected chi connectivity index (χ2v) is 10.9. The molecule has 0 radical (unpaired) electrons. The minimum atomic E-state index is -0.591. The molecular formula is C28H23ClN2O5. The third-order valence-electron chi connectivity index (χ3n) is 8.57. The summed E-state index contributed by atoms with van der Waals surface area (Å²) in [6, 6.07) is 13.4. The number of esters is 1. The van der Waals surface area contributed by atoms with E-state index in [2.05, 4.69) is 12.2 Å². The highest BCUT2D eigenvalue weighted by atomic mass is 35.5. The van der Waals surface area contributed by atoms with E-state index < -0.39 is 11.9 Å². The van der Waals surface area contributed by atoms with Gasteiger partial charge in [0.15, 0.2) is 0 Å². The van der Waals surface area contributed by atoms with Crippen molar-refractivity contribution in [1.82, 2.24) is 0 Å². The number of amides is 3. The van der Waals surface area contributed by atoms with Gasteiger partial charge in [-0.05, 0) is 78.6 Å². The Balaban J connectivity index is 1.03. The Morgan fingerprint density at radius 2 is 1.42 bits per heavy atom. The van der Waals surface area contributed by atoms with Crippen LogP contribution < -0.4 is 14.5 Å². The lowest BCUT2D eigenvalue weighted by atomic mass is 9.63. The first-order valence-corrected chi connectivity index (χ1v) is 12.7. The normalized spacial score (nSPS) is 33.7. The first-order chi connectivity index (χ1) is 17.4. The molecule has 2 saturated carbocycles. The fourth-order valence-corrected chi connectivity index (χ4v) is 6.94. The molecule has 8 heteroatoms. The zero-order valence-electron chi connectivity index (χ0n) is 19.2. The summed E-state index contributed by atoms with van der Waals surface area (Å²) in [5, 5.41) is 0.571. The number of nitrogens with zero attached hydrogens (tertiary/aromatic N) is 2. The van der Waals surface area contributed by atoms with Crippen LogP contribution in [0.25, 0.3) is 0 Å². The molecule has 6 aliphatic rings. The molecule has 0 aromatic heterocycles. The highest BCUT2D eigenvalue weighted by Gasteiger charge is 2.67. The van der Waals surface area contributed by atoms with Gasteiger partial charge < -0.3 is 9.64 Å². The summed E-state index contributed by atoms with van der Waals surface area (Å²) < 4.78 is 5.54. The molecule has 2 aromatic rings. The van der Waals surface area contributed by atoms with E-state index in [9.17, 15) is 19.2 Å². The SMILES string of the molecule is O=C(Oc1ccc(N2C(=O)[C@@H]3[C@H]4C=C[C@@H]([C@@H]5C[C@H]45)[C@H]3C2=O)cc1)[C@H]1CC(=O)N(c2ccc(Cl)cc2)C1. The van der Waals surface area contributed by atoms with E-state index in [0.717, 1.165) is 6.42 Å². The number of hydrogen-bond acceptors (Lipinski definition) is 5. The van der Waals surface area contributed by atoms with Crippen molar-refractivity contribution in [2.24, 2.45) is 41.4 Å². The van der Waals surface area contributed by atoms with Crippen molar-refractivity contribution in [3.63, 3.8) is 0 Å². The van der Waals surface area contributed by atoms with Crippen LogP contribution in [0, 0.1) is 41.4 Å². The van der Waals surface area contributed by atoms with Gasteiger partial charge in [0.1, 0.15) is 5.75 Å². The largest absolute Gasteiger partial charge is 0.426 e. The van der Waals surface area contributed by atoms with Crippen LogP contribution in [0.1, 0.15) is 12.8 Å². The molecule has 7 nitrogen and oxygen atoms in total. The van der Waals surface area contributed by atoms with Gasteiger partial charge in [-0.3, -0.25) is 24.1 Å². The van der Waals surface area contributed by atoms with Crippen LogP contribution in [0.5, 0.6) is 5.75 Å². The molecule has 8 rings (SSSR count). The van der Waals surface area contributed by atoms with Gasteiger partial charge in [-0.15, -0.1) is 0 Å². The lowest BCUT2D eigenvalue weighted by Crippen LogP contribution is -2.40. The van der Waals surface area contributed by atoms with Crippen LogP contribution in [0.3, 0.4) is 0 Å². The number of allylic oxidation sites excluding steroid dienone is 2. The second-order valence-electron chi connectivity index (χ2n) is 10.5. The fraction of sp³-hybridized carbons (Fsp3) is 0.357. The molecule has 2 heterocycles. The van der Waals surface area contributed by atoms with Gasteiger partial charge in [0.2, 0.25) is 17.7 Å². The molecule has 3 amide bonds. The number of carbonyl (C=O) groups excluding carboxylic acids is 4. The maximum absolute atomic E-state index is 13.3. The van der Waals surface area contributed by atoms with Crippen LogP contribution in [-0.4, -0.2) is 30.2 Å². The maximum Gasteiger partial charge on any atom is 0.316 e. The smallest absolute Gasteiger partial charge is 0.316 e. The molecule has 4 aliphatic carbocycles. The van der Waals surface area contributed by atoms with Crippen LogP contribution >= 0.6 is 11.6 Å². The molecule has 36 heavy (non-hydrogen) atoms. The standard InChI is InChI=1S/C28H23ClN2O5/c29-15-1-3-16(4-2-15)30-13-14(11-23(30)32)28(35)36-18-7-5-17(6-8-18)31-26(33)24-19-9-10-20(22-12-21(19)22)25(24)27(31)34/h1-10,14,19-22,24-25H,11-13H2/t14-,19-,20-,21-,22+,24+,25+/m0/s1. The molecule has 2 bridgehead atoms. The molecule has 182 valence electrons. The van der Waals surface area contributed by atoms with E-state index >= 15 is 0 Å². The van der Waals surface area contributed by atoms with Gasteiger partial charge in [-0.1, -0.05) is 23.8 Å². The monoisotopic (exact) mass is 502 g/mol. The number of imide groups is 1. The van der Waals surface area contributed by atoms with Crippen molar-refractivity contribution in [1.29, 1.82) is 0 Å². The number of ether oxygens (including phenoxy) is 1. The number of hydrogen-bond donors (Lipinski definition) is 0. The van der Waals surface area contributed by atoms with Crippen molar-refractivity contribution in [2.45, 2.75) is 12.8 Å². The average Bonchev–Trinajstić information content (AvgIpc) is 3.56. The van der Waals surface area contributed by atoms with E-state index in [-0.39, 0.29) is 54.4 Å². The first-order valence-electron chi connectivity index (χ1n) is 12.3. The lowest BCUT2D eigenvalue weighted by molar-refractivity contribution is -0.139. The zero-order chi connectivity index (χ0) is 24.7. The summed E-state index contributed by atoms with van der Waals surface area (Å²) in [6.45, 7) is 0.231. The van der Waals surface area contributed by atoms with Gasteiger partial charge >= 0.3 is 5.97 Å².